The zero-order valence-electron chi connectivity index (χ0n) is 7.06. The summed E-state index contributed by atoms with van der Waals surface area (Å²) >= 11 is 2.01. The molecule has 0 spiro atoms. The molecule has 0 aliphatic heterocycles. The predicted molar refractivity (Wildman–Crippen MR) is 53.0 cm³/mol. The lowest BCUT2D eigenvalue weighted by Gasteiger charge is -2.06. The van der Waals surface area contributed by atoms with Gasteiger partial charge in [0.15, 0.2) is 0 Å². The van der Waals surface area contributed by atoms with E-state index in [1.807, 2.05) is 29.5 Å². The fourth-order valence-corrected chi connectivity index (χ4v) is 0.931. The first-order valence-corrected chi connectivity index (χ1v) is 4.97. The van der Waals surface area contributed by atoms with Crippen molar-refractivity contribution in [2.75, 3.05) is 0 Å². The van der Waals surface area contributed by atoms with Gasteiger partial charge in [0.2, 0.25) is 11.6 Å². The largest absolute Gasteiger partial charge is 0.291 e. The van der Waals surface area contributed by atoms with Gasteiger partial charge in [0, 0.05) is 5.92 Å². The molecule has 0 aromatic heterocycles. The molecular formula is C8H13IO2. The summed E-state index contributed by atoms with van der Waals surface area (Å²) in [5.41, 5.74) is 0. The molecule has 0 N–H and O–H groups in total. The van der Waals surface area contributed by atoms with Gasteiger partial charge in [0.05, 0.1) is 3.92 Å². The van der Waals surface area contributed by atoms with Crippen molar-refractivity contribution in [3.63, 3.8) is 0 Å². The van der Waals surface area contributed by atoms with Gasteiger partial charge in [-0.2, -0.15) is 0 Å². The maximum atomic E-state index is 11.2. The molecule has 0 rings (SSSR count). The summed E-state index contributed by atoms with van der Waals surface area (Å²) in [4.78, 5) is 22.2. The van der Waals surface area contributed by atoms with Gasteiger partial charge in [0.1, 0.15) is 0 Å². The highest BCUT2D eigenvalue weighted by atomic mass is 127. The Morgan fingerprint density at radius 1 is 1.27 bits per heavy atom. The monoisotopic (exact) mass is 268 g/mol. The highest BCUT2D eigenvalue weighted by Gasteiger charge is 2.22. The predicted octanol–water partition coefficient (Wildman–Crippen LogP) is 1.99. The summed E-state index contributed by atoms with van der Waals surface area (Å²) in [6, 6.07) is 0. The third-order valence-electron chi connectivity index (χ3n) is 1.41. The molecule has 1 unspecified atom stereocenters. The maximum Gasteiger partial charge on any atom is 0.211 e. The molecule has 0 amide bonds. The highest BCUT2D eigenvalue weighted by molar-refractivity contribution is 14.1. The number of halogens is 1. The van der Waals surface area contributed by atoms with E-state index < -0.39 is 0 Å². The van der Waals surface area contributed by atoms with Gasteiger partial charge in [-0.15, -0.1) is 0 Å². The lowest BCUT2D eigenvalue weighted by atomic mass is 10.0. The summed E-state index contributed by atoms with van der Waals surface area (Å²) in [6.07, 6.45) is 0.734. The Balaban J connectivity index is 4.14. The molecule has 0 aliphatic rings. The molecule has 0 saturated heterocycles. The Hall–Kier alpha value is 0.0700. The summed E-state index contributed by atoms with van der Waals surface area (Å²) < 4.78 is -0.137. The van der Waals surface area contributed by atoms with Crippen LogP contribution in [0.4, 0.5) is 0 Å². The number of alkyl halides is 1. The van der Waals surface area contributed by atoms with E-state index in [-0.39, 0.29) is 21.4 Å². The van der Waals surface area contributed by atoms with Gasteiger partial charge in [-0.1, -0.05) is 43.4 Å². The van der Waals surface area contributed by atoms with Crippen LogP contribution >= 0.6 is 22.6 Å². The Labute approximate surface area is 80.9 Å². The minimum absolute atomic E-state index is 0.137. The van der Waals surface area contributed by atoms with Crippen molar-refractivity contribution in [1.29, 1.82) is 0 Å². The van der Waals surface area contributed by atoms with Crippen LogP contribution in [0.3, 0.4) is 0 Å². The van der Waals surface area contributed by atoms with Gasteiger partial charge in [-0.25, -0.2) is 0 Å². The fourth-order valence-electron chi connectivity index (χ4n) is 0.624. The zero-order chi connectivity index (χ0) is 9.02. The summed E-state index contributed by atoms with van der Waals surface area (Å²) in [7, 11) is 0. The number of rotatable bonds is 4. The summed E-state index contributed by atoms with van der Waals surface area (Å²) in [5, 5.41) is 0. The molecule has 11 heavy (non-hydrogen) atoms. The summed E-state index contributed by atoms with van der Waals surface area (Å²) in [6.45, 7) is 5.40. The lowest BCUT2D eigenvalue weighted by molar-refractivity contribution is -0.137. The third kappa shape index (κ3) is 3.31. The van der Waals surface area contributed by atoms with Gasteiger partial charge < -0.3 is 0 Å². The standard InChI is InChI=1S/C8H13IO2/c1-4-6(9)8(11)7(10)5(2)3/h5-6H,4H2,1-3H3. The minimum Gasteiger partial charge on any atom is -0.291 e. The van der Waals surface area contributed by atoms with Crippen LogP contribution in [0.2, 0.25) is 0 Å². The van der Waals surface area contributed by atoms with Crippen molar-refractivity contribution in [2.45, 2.75) is 31.1 Å². The second-order valence-corrected chi connectivity index (χ2v) is 4.26. The van der Waals surface area contributed by atoms with Gasteiger partial charge >= 0.3 is 0 Å². The highest BCUT2D eigenvalue weighted by Crippen LogP contribution is 2.09. The van der Waals surface area contributed by atoms with E-state index in [4.69, 9.17) is 0 Å². The molecule has 0 saturated carbocycles. The molecule has 0 aliphatic carbocycles. The fraction of sp³-hybridized carbons (Fsp3) is 0.750. The first-order chi connectivity index (χ1) is 5.00. The summed E-state index contributed by atoms with van der Waals surface area (Å²) in [5.74, 6) is -0.638. The molecular weight excluding hydrogens is 255 g/mol. The second kappa shape index (κ2) is 4.85. The third-order valence-corrected chi connectivity index (χ3v) is 2.86. The van der Waals surface area contributed by atoms with E-state index in [1.165, 1.54) is 0 Å². The average molecular weight is 268 g/mol. The first kappa shape index (κ1) is 11.1. The smallest absolute Gasteiger partial charge is 0.211 e. The quantitative estimate of drug-likeness (QED) is 0.444. The molecule has 0 radical (unpaired) electrons. The Morgan fingerprint density at radius 3 is 2.00 bits per heavy atom. The zero-order valence-corrected chi connectivity index (χ0v) is 9.21. The molecule has 0 bridgehead atoms. The average Bonchev–Trinajstić information content (AvgIpc) is 2.00. The molecule has 0 fully saturated rings. The Bertz CT molecular complexity index is 163. The SMILES string of the molecule is CCC(I)C(=O)C(=O)C(C)C. The molecule has 1 atom stereocenters. The van der Waals surface area contributed by atoms with Gasteiger partial charge in [0.25, 0.3) is 0 Å². The van der Waals surface area contributed by atoms with Crippen LogP contribution in [0.1, 0.15) is 27.2 Å². The van der Waals surface area contributed by atoms with Crippen LogP contribution in [0.25, 0.3) is 0 Å². The van der Waals surface area contributed by atoms with Crippen LogP contribution in [-0.4, -0.2) is 15.5 Å². The molecule has 64 valence electrons. The maximum absolute atomic E-state index is 11.2. The number of hydrogen-bond acceptors (Lipinski definition) is 2. The van der Waals surface area contributed by atoms with E-state index in [2.05, 4.69) is 0 Å². The molecule has 2 nitrogen and oxygen atoms in total. The van der Waals surface area contributed by atoms with E-state index in [0.29, 0.717) is 0 Å². The number of carbonyl (C=O) groups is 2. The van der Waals surface area contributed by atoms with Crippen LogP contribution in [-0.2, 0) is 9.59 Å². The van der Waals surface area contributed by atoms with Crippen molar-refractivity contribution >= 4 is 34.2 Å². The van der Waals surface area contributed by atoms with Crippen molar-refractivity contribution in [2.24, 2.45) is 5.92 Å². The normalized spacial score (nSPS) is 13.2. The lowest BCUT2D eigenvalue weighted by Crippen LogP contribution is -2.27. The topological polar surface area (TPSA) is 34.1 Å². The van der Waals surface area contributed by atoms with E-state index in [1.54, 1.807) is 13.8 Å². The van der Waals surface area contributed by atoms with E-state index >= 15 is 0 Å². The van der Waals surface area contributed by atoms with Crippen molar-refractivity contribution in [3.05, 3.63) is 0 Å². The second-order valence-electron chi connectivity index (χ2n) is 2.76. The van der Waals surface area contributed by atoms with Crippen molar-refractivity contribution in [1.82, 2.24) is 0 Å². The molecule has 0 heterocycles. The van der Waals surface area contributed by atoms with Gasteiger partial charge in [-0.05, 0) is 6.42 Å². The van der Waals surface area contributed by atoms with E-state index in [0.717, 1.165) is 6.42 Å². The van der Waals surface area contributed by atoms with Crippen molar-refractivity contribution in [3.8, 4) is 0 Å². The first-order valence-electron chi connectivity index (χ1n) is 3.72. The van der Waals surface area contributed by atoms with Gasteiger partial charge in [-0.3, -0.25) is 9.59 Å². The number of Topliss-reactive ketones (excluding diaryl/α,β-unsaturated/α-hetero) is 2. The minimum atomic E-state index is -0.244. The Kier molecular flexibility index (Phi) is 4.88. The van der Waals surface area contributed by atoms with Crippen LogP contribution < -0.4 is 0 Å². The molecule has 0 aromatic rings. The number of hydrogen-bond donors (Lipinski definition) is 0. The van der Waals surface area contributed by atoms with Crippen LogP contribution in [0, 0.1) is 5.92 Å². The van der Waals surface area contributed by atoms with Crippen LogP contribution in [0.15, 0.2) is 0 Å². The molecule has 0 aromatic carbocycles. The number of carbonyl (C=O) groups excluding carboxylic acids is 2. The van der Waals surface area contributed by atoms with Crippen molar-refractivity contribution < 1.29 is 9.59 Å². The van der Waals surface area contributed by atoms with Crippen LogP contribution in [0.5, 0.6) is 0 Å². The number of ketones is 2. The Morgan fingerprint density at radius 2 is 1.73 bits per heavy atom. The molecule has 3 heteroatoms. The van der Waals surface area contributed by atoms with E-state index in [9.17, 15) is 9.59 Å².